The molecule has 126 valence electrons. The van der Waals surface area contributed by atoms with E-state index >= 15 is 0 Å². The van der Waals surface area contributed by atoms with Gasteiger partial charge in [0.15, 0.2) is 5.76 Å². The fourth-order valence-electron chi connectivity index (χ4n) is 2.52. The summed E-state index contributed by atoms with van der Waals surface area (Å²) in [5.41, 5.74) is 0.736. The van der Waals surface area contributed by atoms with Crippen molar-refractivity contribution in [3.8, 4) is 11.3 Å². The minimum Gasteiger partial charge on any atom is -0.468 e. The predicted octanol–water partition coefficient (Wildman–Crippen LogP) is 3.33. The number of hydrogen-bond acceptors (Lipinski definition) is 5. The summed E-state index contributed by atoms with van der Waals surface area (Å²) in [6.07, 6.45) is 0. The second kappa shape index (κ2) is 7.32. The molecule has 1 saturated heterocycles. The molecule has 1 fully saturated rings. The van der Waals surface area contributed by atoms with Crippen molar-refractivity contribution in [1.29, 1.82) is 0 Å². The quantitative estimate of drug-likeness (QED) is 0.781. The summed E-state index contributed by atoms with van der Waals surface area (Å²) >= 11 is 7.66. The van der Waals surface area contributed by atoms with Gasteiger partial charge in [-0.15, -0.1) is 11.8 Å². The molecule has 1 aromatic carbocycles. The van der Waals surface area contributed by atoms with Crippen molar-refractivity contribution >= 4 is 35.2 Å². The molecule has 0 aliphatic carbocycles. The van der Waals surface area contributed by atoms with Crippen LogP contribution in [0.25, 0.3) is 11.3 Å². The molecule has 2 aromatic rings. The van der Waals surface area contributed by atoms with Crippen molar-refractivity contribution in [2.75, 3.05) is 26.0 Å². The Kier molecular flexibility index (Phi) is 5.16. The molecule has 7 heteroatoms. The molecule has 0 spiro atoms. The number of hydrogen-bond donors (Lipinski definition) is 0. The van der Waals surface area contributed by atoms with Crippen LogP contribution in [0.4, 0.5) is 0 Å². The largest absolute Gasteiger partial charge is 0.468 e. The smallest absolute Gasteiger partial charge is 0.320 e. The molecule has 5 nitrogen and oxygen atoms in total. The fraction of sp³-hybridized carbons (Fsp3) is 0.294. The highest BCUT2D eigenvalue weighted by atomic mass is 35.5. The maximum atomic E-state index is 12.6. The maximum absolute atomic E-state index is 12.6. The van der Waals surface area contributed by atoms with Gasteiger partial charge in [-0.2, -0.15) is 0 Å². The van der Waals surface area contributed by atoms with Gasteiger partial charge < -0.3 is 14.1 Å². The summed E-state index contributed by atoms with van der Waals surface area (Å²) in [4.78, 5) is 25.9. The molecule has 2 heterocycles. The topological polar surface area (TPSA) is 59.8 Å². The Balaban J connectivity index is 1.76. The molecule has 0 unspecified atom stereocenters. The Bertz CT molecular complexity index is 761. The van der Waals surface area contributed by atoms with Gasteiger partial charge in [-0.05, 0) is 24.3 Å². The first-order valence-electron chi connectivity index (χ1n) is 7.43. The monoisotopic (exact) mass is 365 g/mol. The number of methoxy groups -OCH3 is 1. The van der Waals surface area contributed by atoms with Crippen LogP contribution in [-0.4, -0.2) is 48.0 Å². The SMILES string of the molecule is COC(=O)[C@H]1CN(C(=O)c2ccc(-c3ccccc3Cl)o2)CCS1. The Hall–Kier alpha value is -1.92. The van der Waals surface area contributed by atoms with Crippen molar-refractivity contribution in [3.05, 3.63) is 47.2 Å². The molecule has 0 N–H and O–H groups in total. The summed E-state index contributed by atoms with van der Waals surface area (Å²) in [5.74, 6) is 0.917. The lowest BCUT2D eigenvalue weighted by Crippen LogP contribution is -2.44. The van der Waals surface area contributed by atoms with E-state index in [4.69, 9.17) is 20.8 Å². The number of amides is 1. The highest BCUT2D eigenvalue weighted by molar-refractivity contribution is 8.00. The summed E-state index contributed by atoms with van der Waals surface area (Å²) in [5, 5.41) is 0.205. The van der Waals surface area contributed by atoms with E-state index in [9.17, 15) is 9.59 Å². The first kappa shape index (κ1) is 16.9. The average Bonchev–Trinajstić information content (AvgIpc) is 3.10. The molecule has 24 heavy (non-hydrogen) atoms. The van der Waals surface area contributed by atoms with Crippen LogP contribution in [0, 0.1) is 0 Å². The van der Waals surface area contributed by atoms with Gasteiger partial charge in [0, 0.05) is 24.4 Å². The summed E-state index contributed by atoms with van der Waals surface area (Å²) in [7, 11) is 1.35. The number of furan rings is 1. The van der Waals surface area contributed by atoms with Gasteiger partial charge in [-0.25, -0.2) is 0 Å². The number of rotatable bonds is 3. The minimum absolute atomic E-state index is 0.234. The lowest BCUT2D eigenvalue weighted by molar-refractivity contribution is -0.140. The van der Waals surface area contributed by atoms with Gasteiger partial charge in [0.05, 0.1) is 12.1 Å². The molecule has 0 saturated carbocycles. The molecule has 0 bridgehead atoms. The molecule has 3 rings (SSSR count). The lowest BCUT2D eigenvalue weighted by atomic mass is 10.2. The number of nitrogens with zero attached hydrogens (tertiary/aromatic N) is 1. The Morgan fingerprint density at radius 3 is 2.83 bits per heavy atom. The lowest BCUT2D eigenvalue weighted by Gasteiger charge is -2.30. The van der Waals surface area contributed by atoms with Crippen LogP contribution in [0.3, 0.4) is 0 Å². The van der Waals surface area contributed by atoms with Crippen molar-refractivity contribution in [3.63, 3.8) is 0 Å². The molecule has 1 aliphatic rings. The van der Waals surface area contributed by atoms with Crippen molar-refractivity contribution in [1.82, 2.24) is 4.90 Å². The van der Waals surface area contributed by atoms with Gasteiger partial charge in [-0.1, -0.05) is 23.7 Å². The van der Waals surface area contributed by atoms with Gasteiger partial charge in [0.25, 0.3) is 5.91 Å². The van der Waals surface area contributed by atoms with E-state index in [2.05, 4.69) is 0 Å². The van der Waals surface area contributed by atoms with Gasteiger partial charge in [0.1, 0.15) is 11.0 Å². The molecular weight excluding hydrogens is 350 g/mol. The van der Waals surface area contributed by atoms with E-state index < -0.39 is 0 Å². The van der Waals surface area contributed by atoms with E-state index in [-0.39, 0.29) is 22.9 Å². The number of thioether (sulfide) groups is 1. The van der Waals surface area contributed by atoms with Crippen molar-refractivity contribution < 1.29 is 18.7 Å². The third-order valence-corrected chi connectivity index (χ3v) is 5.27. The zero-order chi connectivity index (χ0) is 17.1. The zero-order valence-electron chi connectivity index (χ0n) is 13.0. The second-order valence-corrected chi connectivity index (χ2v) is 7.00. The highest BCUT2D eigenvalue weighted by Crippen LogP contribution is 2.30. The third-order valence-electron chi connectivity index (χ3n) is 3.77. The van der Waals surface area contributed by atoms with Crippen molar-refractivity contribution in [2.24, 2.45) is 0 Å². The molecule has 1 aromatic heterocycles. The molecule has 1 atom stereocenters. The second-order valence-electron chi connectivity index (χ2n) is 5.28. The average molecular weight is 366 g/mol. The number of benzene rings is 1. The maximum Gasteiger partial charge on any atom is 0.320 e. The molecule has 1 aliphatic heterocycles. The van der Waals surface area contributed by atoms with Gasteiger partial charge in [0.2, 0.25) is 0 Å². The molecule has 1 amide bonds. The van der Waals surface area contributed by atoms with E-state index in [1.807, 2.05) is 18.2 Å². The van der Waals surface area contributed by atoms with E-state index in [0.29, 0.717) is 29.6 Å². The van der Waals surface area contributed by atoms with Crippen LogP contribution >= 0.6 is 23.4 Å². The van der Waals surface area contributed by atoms with Crippen LogP contribution in [-0.2, 0) is 9.53 Å². The number of ether oxygens (including phenoxy) is 1. The van der Waals surface area contributed by atoms with Crippen LogP contribution in [0.2, 0.25) is 5.02 Å². The number of carbonyl (C=O) groups excluding carboxylic acids is 2. The number of halogens is 1. The zero-order valence-corrected chi connectivity index (χ0v) is 14.6. The van der Waals surface area contributed by atoms with Crippen LogP contribution in [0.15, 0.2) is 40.8 Å². The predicted molar refractivity (Wildman–Crippen MR) is 93.3 cm³/mol. The fourth-order valence-corrected chi connectivity index (χ4v) is 3.88. The van der Waals surface area contributed by atoms with E-state index in [1.165, 1.54) is 18.9 Å². The van der Waals surface area contributed by atoms with E-state index in [1.54, 1.807) is 23.1 Å². The first-order chi connectivity index (χ1) is 11.6. The van der Waals surface area contributed by atoms with Crippen LogP contribution in [0.5, 0.6) is 0 Å². The van der Waals surface area contributed by atoms with Crippen LogP contribution < -0.4 is 0 Å². The first-order valence-corrected chi connectivity index (χ1v) is 8.86. The summed E-state index contributed by atoms with van der Waals surface area (Å²) in [6.45, 7) is 0.886. The Morgan fingerprint density at radius 1 is 1.29 bits per heavy atom. The third kappa shape index (κ3) is 3.44. The van der Waals surface area contributed by atoms with Crippen molar-refractivity contribution in [2.45, 2.75) is 5.25 Å². The number of carbonyl (C=O) groups is 2. The highest BCUT2D eigenvalue weighted by Gasteiger charge is 2.31. The normalized spacial score (nSPS) is 17.6. The summed E-state index contributed by atoms with van der Waals surface area (Å²) in [6, 6.07) is 10.7. The minimum atomic E-state index is -0.356. The molecular formula is C17H16ClNO4S. The van der Waals surface area contributed by atoms with E-state index in [0.717, 1.165) is 5.56 Å². The van der Waals surface area contributed by atoms with Gasteiger partial charge in [-0.3, -0.25) is 9.59 Å². The Labute approximate surface area is 148 Å². The number of esters is 1. The van der Waals surface area contributed by atoms with Crippen LogP contribution in [0.1, 0.15) is 10.6 Å². The van der Waals surface area contributed by atoms with Gasteiger partial charge >= 0.3 is 5.97 Å². The molecule has 0 radical (unpaired) electrons. The standard InChI is InChI=1S/C17H16ClNO4S/c1-22-17(21)15-10-19(8-9-24-15)16(20)14-7-6-13(23-14)11-4-2-3-5-12(11)18/h2-7,15H,8-10H2,1H3/t15-/m1/s1. The summed E-state index contributed by atoms with van der Waals surface area (Å²) < 4.78 is 10.5. The Morgan fingerprint density at radius 2 is 2.08 bits per heavy atom.